The van der Waals surface area contributed by atoms with Crippen molar-refractivity contribution >= 4 is 14.5 Å². The summed E-state index contributed by atoms with van der Waals surface area (Å²) in [6, 6.07) is 1.06. The van der Waals surface area contributed by atoms with Crippen molar-refractivity contribution in [3.05, 3.63) is 12.7 Å². The summed E-state index contributed by atoms with van der Waals surface area (Å²) < 4.78 is 16.1. The van der Waals surface area contributed by atoms with Gasteiger partial charge in [-0.15, -0.1) is 0 Å². The number of rotatable bonds is 13. The van der Waals surface area contributed by atoms with Crippen molar-refractivity contribution in [2.45, 2.75) is 70.6 Å². The summed E-state index contributed by atoms with van der Waals surface area (Å²) in [5.74, 6) is -0.328. The Morgan fingerprint density at radius 3 is 2.14 bits per heavy atom. The number of ether oxygens (including phenoxy) is 1. The summed E-state index contributed by atoms with van der Waals surface area (Å²) in [7, 11) is 1.63. The van der Waals surface area contributed by atoms with Crippen LogP contribution < -0.4 is 0 Å². The molecule has 124 valence electrons. The van der Waals surface area contributed by atoms with Crippen LogP contribution in [0.2, 0.25) is 12.6 Å². The van der Waals surface area contributed by atoms with Crippen LogP contribution in [0.4, 0.5) is 0 Å². The van der Waals surface area contributed by atoms with Gasteiger partial charge in [-0.1, -0.05) is 38.7 Å². The van der Waals surface area contributed by atoms with Gasteiger partial charge in [0.15, 0.2) is 0 Å². The summed E-state index contributed by atoms with van der Waals surface area (Å²) >= 11 is 0. The first-order chi connectivity index (χ1) is 9.97. The zero-order chi connectivity index (χ0) is 16.1. The molecule has 0 fully saturated rings. The van der Waals surface area contributed by atoms with Gasteiger partial charge >= 0.3 is 14.5 Å². The van der Waals surface area contributed by atoms with Crippen molar-refractivity contribution < 1.29 is 18.4 Å². The maximum absolute atomic E-state index is 11.0. The Morgan fingerprint density at radius 2 is 1.62 bits per heavy atom. The number of esters is 1. The molecule has 0 N–H and O–H groups in total. The standard InChI is InChI=1S/C16H32O4Si/c1-6-16(17)20-15(2)13-11-9-7-8-10-12-14-21(5,18-3)19-4/h6,15H,1,7-14H2,2-5H3. The monoisotopic (exact) mass is 316 g/mol. The van der Waals surface area contributed by atoms with Crippen LogP contribution in [0.1, 0.15) is 51.9 Å². The molecule has 1 unspecified atom stereocenters. The largest absolute Gasteiger partial charge is 0.460 e. The first-order valence-electron chi connectivity index (χ1n) is 7.90. The van der Waals surface area contributed by atoms with Gasteiger partial charge in [-0.05, 0) is 32.4 Å². The molecule has 0 aliphatic carbocycles. The highest BCUT2D eigenvalue weighted by atomic mass is 28.4. The highest BCUT2D eigenvalue weighted by molar-refractivity contribution is 6.65. The van der Waals surface area contributed by atoms with Crippen molar-refractivity contribution in [2.75, 3.05) is 14.2 Å². The molecular formula is C16H32O4Si. The second-order valence-corrected chi connectivity index (χ2v) is 9.24. The molecule has 0 saturated heterocycles. The van der Waals surface area contributed by atoms with E-state index in [1.165, 1.54) is 38.2 Å². The van der Waals surface area contributed by atoms with Crippen LogP contribution in [0.3, 0.4) is 0 Å². The van der Waals surface area contributed by atoms with E-state index in [-0.39, 0.29) is 12.1 Å². The van der Waals surface area contributed by atoms with E-state index >= 15 is 0 Å². The van der Waals surface area contributed by atoms with Crippen LogP contribution in [0.5, 0.6) is 0 Å². The number of hydrogen-bond acceptors (Lipinski definition) is 4. The molecule has 0 aliphatic rings. The van der Waals surface area contributed by atoms with Crippen molar-refractivity contribution in [2.24, 2.45) is 0 Å². The average Bonchev–Trinajstić information content (AvgIpc) is 2.49. The van der Waals surface area contributed by atoms with Gasteiger partial charge < -0.3 is 13.6 Å². The minimum absolute atomic E-state index is 0.00869. The smallest absolute Gasteiger partial charge is 0.334 e. The molecule has 0 aliphatic heterocycles. The van der Waals surface area contributed by atoms with Gasteiger partial charge in [0.05, 0.1) is 6.10 Å². The lowest BCUT2D eigenvalue weighted by atomic mass is 10.1. The molecule has 5 heteroatoms. The molecular weight excluding hydrogens is 284 g/mol. The van der Waals surface area contributed by atoms with E-state index in [1.807, 2.05) is 6.92 Å². The molecule has 0 saturated carbocycles. The number of carbonyl (C=O) groups is 1. The fourth-order valence-electron chi connectivity index (χ4n) is 2.18. The van der Waals surface area contributed by atoms with Crippen molar-refractivity contribution in [1.29, 1.82) is 0 Å². The lowest BCUT2D eigenvalue weighted by Crippen LogP contribution is -2.35. The van der Waals surface area contributed by atoms with E-state index in [2.05, 4.69) is 13.1 Å². The van der Waals surface area contributed by atoms with Gasteiger partial charge in [0, 0.05) is 20.3 Å². The number of hydrogen-bond donors (Lipinski definition) is 0. The summed E-state index contributed by atoms with van der Waals surface area (Å²) in [5, 5.41) is 0. The van der Waals surface area contributed by atoms with Gasteiger partial charge in [-0.25, -0.2) is 4.79 Å². The molecule has 0 amide bonds. The average molecular weight is 317 g/mol. The number of carbonyl (C=O) groups excluding carboxylic acids is 1. The SMILES string of the molecule is C=CC(=O)OC(C)CCCCCCCC[Si](C)(OC)OC. The quantitative estimate of drug-likeness (QED) is 0.221. The van der Waals surface area contributed by atoms with E-state index in [1.54, 1.807) is 14.2 Å². The zero-order valence-electron chi connectivity index (χ0n) is 14.2. The Labute approximate surface area is 131 Å². The van der Waals surface area contributed by atoms with Crippen LogP contribution in [0, 0.1) is 0 Å². The van der Waals surface area contributed by atoms with Gasteiger partial charge in [0.1, 0.15) is 0 Å². The molecule has 0 aromatic heterocycles. The molecule has 4 nitrogen and oxygen atoms in total. The highest BCUT2D eigenvalue weighted by Gasteiger charge is 2.27. The Hall–Kier alpha value is -0.653. The molecule has 0 radical (unpaired) electrons. The third-order valence-corrected chi connectivity index (χ3v) is 6.83. The van der Waals surface area contributed by atoms with E-state index in [0.717, 1.165) is 18.9 Å². The van der Waals surface area contributed by atoms with Gasteiger partial charge in [-0.2, -0.15) is 0 Å². The lowest BCUT2D eigenvalue weighted by molar-refractivity contribution is -0.142. The maximum Gasteiger partial charge on any atom is 0.334 e. The molecule has 0 rings (SSSR count). The van der Waals surface area contributed by atoms with Crippen LogP contribution in [0.15, 0.2) is 12.7 Å². The third kappa shape index (κ3) is 10.7. The normalized spacial score (nSPS) is 13.0. The van der Waals surface area contributed by atoms with E-state index in [4.69, 9.17) is 13.6 Å². The summed E-state index contributed by atoms with van der Waals surface area (Å²) in [4.78, 5) is 11.0. The van der Waals surface area contributed by atoms with Crippen molar-refractivity contribution in [1.82, 2.24) is 0 Å². The first-order valence-corrected chi connectivity index (χ1v) is 10.4. The molecule has 0 aromatic rings. The Bertz CT molecular complexity index is 290. The second kappa shape index (κ2) is 11.9. The van der Waals surface area contributed by atoms with Gasteiger partial charge in [-0.3, -0.25) is 0 Å². The second-order valence-electron chi connectivity index (χ2n) is 5.65. The summed E-state index contributed by atoms with van der Waals surface area (Å²) in [6.07, 6.45) is 9.33. The molecule has 0 bridgehead atoms. The predicted molar refractivity (Wildman–Crippen MR) is 88.5 cm³/mol. The third-order valence-electron chi connectivity index (χ3n) is 3.84. The first kappa shape index (κ1) is 20.3. The van der Waals surface area contributed by atoms with E-state index in [9.17, 15) is 4.79 Å². The summed E-state index contributed by atoms with van der Waals surface area (Å²) in [6.45, 7) is 7.43. The summed E-state index contributed by atoms with van der Waals surface area (Å²) in [5.41, 5.74) is 0. The van der Waals surface area contributed by atoms with Gasteiger partial charge in [0.25, 0.3) is 0 Å². The Balaban J connectivity index is 3.44. The van der Waals surface area contributed by atoms with Gasteiger partial charge in [0.2, 0.25) is 0 Å². The minimum Gasteiger partial charge on any atom is -0.460 e. The maximum atomic E-state index is 11.0. The number of unbranched alkanes of at least 4 members (excludes halogenated alkanes) is 5. The van der Waals surface area contributed by atoms with Crippen LogP contribution in [-0.4, -0.2) is 34.9 Å². The molecule has 0 aromatic carbocycles. The zero-order valence-corrected chi connectivity index (χ0v) is 15.2. The minimum atomic E-state index is -1.86. The van der Waals surface area contributed by atoms with E-state index in [0.29, 0.717) is 0 Å². The molecule has 1 atom stereocenters. The fraction of sp³-hybridized carbons (Fsp3) is 0.812. The van der Waals surface area contributed by atoms with E-state index < -0.39 is 8.56 Å². The van der Waals surface area contributed by atoms with Crippen LogP contribution >= 0.6 is 0 Å². The molecule has 0 heterocycles. The van der Waals surface area contributed by atoms with Crippen LogP contribution in [-0.2, 0) is 18.4 Å². The van der Waals surface area contributed by atoms with Crippen molar-refractivity contribution in [3.8, 4) is 0 Å². The molecule has 0 spiro atoms. The highest BCUT2D eigenvalue weighted by Crippen LogP contribution is 2.17. The fourth-order valence-corrected chi connectivity index (χ4v) is 3.64. The predicted octanol–water partition coefficient (Wildman–Crippen LogP) is 4.20. The topological polar surface area (TPSA) is 44.8 Å². The van der Waals surface area contributed by atoms with Crippen molar-refractivity contribution in [3.63, 3.8) is 0 Å². The Kier molecular flexibility index (Phi) is 11.6. The molecule has 21 heavy (non-hydrogen) atoms. The van der Waals surface area contributed by atoms with Crippen LogP contribution in [0.25, 0.3) is 0 Å². The Morgan fingerprint density at radius 1 is 1.10 bits per heavy atom. The lowest BCUT2D eigenvalue weighted by Gasteiger charge is -2.22.